The van der Waals surface area contributed by atoms with Crippen LogP contribution in [0.5, 0.6) is 0 Å². The summed E-state index contributed by atoms with van der Waals surface area (Å²) in [6.45, 7) is 9.18. The Balaban J connectivity index is 0.00000312. The molecule has 1 heterocycles. The van der Waals surface area contributed by atoms with Crippen LogP contribution in [-0.2, 0) is 9.84 Å². The zero-order valence-corrected chi connectivity index (χ0v) is 19.2. The summed E-state index contributed by atoms with van der Waals surface area (Å²) in [5, 5.41) is 6.82. The summed E-state index contributed by atoms with van der Waals surface area (Å²) in [4.78, 5) is 6.52. The van der Waals surface area contributed by atoms with Crippen LogP contribution < -0.4 is 10.6 Å². The molecule has 0 bridgehead atoms. The lowest BCUT2D eigenvalue weighted by molar-refractivity contribution is 0.274. The highest BCUT2D eigenvalue weighted by atomic mass is 127. The lowest BCUT2D eigenvalue weighted by Crippen LogP contribution is -2.60. The van der Waals surface area contributed by atoms with Crippen molar-refractivity contribution in [3.05, 3.63) is 0 Å². The highest BCUT2D eigenvalue weighted by Gasteiger charge is 2.48. The van der Waals surface area contributed by atoms with E-state index >= 15 is 0 Å². The number of hydrogen-bond acceptors (Lipinski definition) is 4. The molecule has 25 heavy (non-hydrogen) atoms. The van der Waals surface area contributed by atoms with Crippen LogP contribution in [0.25, 0.3) is 0 Å². The third kappa shape index (κ3) is 5.95. The van der Waals surface area contributed by atoms with E-state index in [1.165, 1.54) is 0 Å². The Labute approximate surface area is 170 Å². The fourth-order valence-electron chi connectivity index (χ4n) is 3.76. The van der Waals surface area contributed by atoms with E-state index in [0.717, 1.165) is 51.2 Å². The molecule has 0 atom stereocenters. The number of rotatable bonds is 3. The van der Waals surface area contributed by atoms with Crippen molar-refractivity contribution in [1.29, 1.82) is 0 Å². The summed E-state index contributed by atoms with van der Waals surface area (Å²) in [5.74, 6) is 1.07. The smallest absolute Gasteiger partial charge is 0.193 e. The zero-order valence-electron chi connectivity index (χ0n) is 16.1. The van der Waals surface area contributed by atoms with Crippen LogP contribution >= 0.6 is 24.0 Å². The minimum atomic E-state index is -3.00. The van der Waals surface area contributed by atoms with Crippen molar-refractivity contribution in [2.45, 2.75) is 63.2 Å². The first kappa shape index (κ1) is 23.0. The molecule has 6 nitrogen and oxygen atoms in total. The van der Waals surface area contributed by atoms with Crippen molar-refractivity contribution in [2.75, 3.05) is 39.0 Å². The van der Waals surface area contributed by atoms with Crippen molar-refractivity contribution in [2.24, 2.45) is 4.99 Å². The van der Waals surface area contributed by atoms with Gasteiger partial charge in [0.1, 0.15) is 0 Å². The Morgan fingerprint density at radius 1 is 1.16 bits per heavy atom. The van der Waals surface area contributed by atoms with E-state index in [1.807, 2.05) is 0 Å². The monoisotopic (exact) mass is 486 g/mol. The van der Waals surface area contributed by atoms with Gasteiger partial charge in [-0.2, -0.15) is 0 Å². The Kier molecular flexibility index (Phi) is 8.46. The van der Waals surface area contributed by atoms with Crippen molar-refractivity contribution in [1.82, 2.24) is 15.5 Å². The second-order valence-electron chi connectivity index (χ2n) is 8.13. The van der Waals surface area contributed by atoms with E-state index in [1.54, 1.807) is 7.05 Å². The number of nitrogens with zero attached hydrogens (tertiary/aromatic N) is 2. The van der Waals surface area contributed by atoms with Crippen molar-refractivity contribution >= 4 is 39.8 Å². The maximum Gasteiger partial charge on any atom is 0.193 e. The van der Waals surface area contributed by atoms with Gasteiger partial charge in [0, 0.05) is 38.8 Å². The maximum atomic E-state index is 12.7. The highest BCUT2D eigenvalue weighted by Crippen LogP contribution is 2.38. The standard InChI is InChI=1S/C17H34N4O2S.HI/c1-16(2,3)20-11-10-19-15(18-4)21-12-13-24(22,23)17(14-21)8-6-5-7-9-17;/h20H,5-14H2,1-4H3,(H,18,19);1H. The Bertz CT molecular complexity index is 551. The summed E-state index contributed by atoms with van der Waals surface area (Å²) in [5.41, 5.74) is 0.0938. The molecule has 0 aromatic carbocycles. The minimum absolute atomic E-state index is 0. The van der Waals surface area contributed by atoms with Crippen LogP contribution in [0, 0.1) is 0 Å². The topological polar surface area (TPSA) is 73.8 Å². The van der Waals surface area contributed by atoms with Gasteiger partial charge in [-0.1, -0.05) is 19.3 Å². The number of halogens is 1. The van der Waals surface area contributed by atoms with Gasteiger partial charge < -0.3 is 15.5 Å². The quantitative estimate of drug-likeness (QED) is 0.276. The van der Waals surface area contributed by atoms with Gasteiger partial charge in [-0.15, -0.1) is 24.0 Å². The molecule has 1 spiro atoms. The number of sulfone groups is 1. The van der Waals surface area contributed by atoms with E-state index in [-0.39, 0.29) is 35.3 Å². The van der Waals surface area contributed by atoms with Gasteiger partial charge in [-0.05, 0) is 33.6 Å². The molecule has 1 aliphatic carbocycles. The molecule has 8 heteroatoms. The molecule has 148 valence electrons. The fraction of sp³-hybridized carbons (Fsp3) is 0.941. The van der Waals surface area contributed by atoms with Crippen LogP contribution in [0.3, 0.4) is 0 Å². The van der Waals surface area contributed by atoms with Crippen molar-refractivity contribution in [3.63, 3.8) is 0 Å². The summed E-state index contributed by atoms with van der Waals surface area (Å²) in [6.07, 6.45) is 4.80. The molecule has 0 unspecified atom stereocenters. The van der Waals surface area contributed by atoms with Gasteiger partial charge in [-0.3, -0.25) is 4.99 Å². The van der Waals surface area contributed by atoms with Gasteiger partial charge in [0.25, 0.3) is 0 Å². The second-order valence-corrected chi connectivity index (χ2v) is 10.6. The van der Waals surface area contributed by atoms with E-state index in [4.69, 9.17) is 0 Å². The van der Waals surface area contributed by atoms with Gasteiger partial charge in [0.05, 0.1) is 10.5 Å². The molecule has 0 aromatic rings. The van der Waals surface area contributed by atoms with Crippen LogP contribution in [0.15, 0.2) is 4.99 Å². The van der Waals surface area contributed by atoms with Crippen LogP contribution in [0.1, 0.15) is 52.9 Å². The second kappa shape index (κ2) is 9.21. The average Bonchev–Trinajstić information content (AvgIpc) is 2.51. The van der Waals surface area contributed by atoms with Crippen LogP contribution in [0.4, 0.5) is 0 Å². The number of aliphatic imine (C=N–C) groups is 1. The van der Waals surface area contributed by atoms with Gasteiger partial charge in [0.15, 0.2) is 15.8 Å². The van der Waals surface area contributed by atoms with Crippen molar-refractivity contribution < 1.29 is 8.42 Å². The lowest BCUT2D eigenvalue weighted by Gasteiger charge is -2.45. The number of guanidine groups is 1. The molecule has 1 saturated heterocycles. The molecule has 0 aromatic heterocycles. The number of hydrogen-bond donors (Lipinski definition) is 2. The highest BCUT2D eigenvalue weighted by molar-refractivity contribution is 14.0. The first-order chi connectivity index (χ1) is 11.2. The maximum absolute atomic E-state index is 12.7. The molecule has 2 N–H and O–H groups in total. The largest absolute Gasteiger partial charge is 0.355 e. The molecule has 2 rings (SSSR count). The van der Waals surface area contributed by atoms with E-state index in [0.29, 0.717) is 13.1 Å². The molecule has 2 aliphatic rings. The lowest BCUT2D eigenvalue weighted by atomic mass is 9.87. The summed E-state index contributed by atoms with van der Waals surface area (Å²) < 4.78 is 24.8. The van der Waals surface area contributed by atoms with Gasteiger partial charge >= 0.3 is 0 Å². The zero-order chi connectivity index (χ0) is 17.8. The van der Waals surface area contributed by atoms with Crippen molar-refractivity contribution in [3.8, 4) is 0 Å². The molecule has 0 radical (unpaired) electrons. The molecular weight excluding hydrogens is 451 g/mol. The summed E-state index contributed by atoms with van der Waals surface area (Å²) in [6, 6.07) is 0. The summed E-state index contributed by atoms with van der Waals surface area (Å²) >= 11 is 0. The van der Waals surface area contributed by atoms with E-state index in [2.05, 4.69) is 41.3 Å². The molecule has 2 fully saturated rings. The molecule has 1 aliphatic heterocycles. The first-order valence-corrected chi connectivity index (χ1v) is 10.8. The number of nitrogens with one attached hydrogen (secondary N) is 2. The van der Waals surface area contributed by atoms with Crippen LogP contribution in [-0.4, -0.2) is 68.5 Å². The molecule has 1 saturated carbocycles. The summed E-state index contributed by atoms with van der Waals surface area (Å²) in [7, 11) is -1.23. The van der Waals surface area contributed by atoms with Gasteiger partial charge in [-0.25, -0.2) is 8.42 Å². The third-order valence-corrected chi connectivity index (χ3v) is 7.69. The molecule has 0 amide bonds. The Morgan fingerprint density at radius 3 is 2.36 bits per heavy atom. The Morgan fingerprint density at radius 2 is 1.80 bits per heavy atom. The minimum Gasteiger partial charge on any atom is -0.355 e. The average molecular weight is 486 g/mol. The predicted octanol–water partition coefficient (Wildman–Crippen LogP) is 2.00. The Hall–Kier alpha value is -0.0900. The van der Waals surface area contributed by atoms with E-state index in [9.17, 15) is 8.42 Å². The normalized spacial score (nSPS) is 23.2. The molecular formula is C17H35IN4O2S. The van der Waals surface area contributed by atoms with Gasteiger partial charge in [0.2, 0.25) is 0 Å². The van der Waals surface area contributed by atoms with Crippen LogP contribution in [0.2, 0.25) is 0 Å². The SMILES string of the molecule is CN=C(NCCNC(C)(C)C)N1CCS(=O)(=O)C2(CCCCC2)C1.I. The predicted molar refractivity (Wildman–Crippen MR) is 116 cm³/mol. The van der Waals surface area contributed by atoms with E-state index < -0.39 is 14.6 Å². The third-order valence-electron chi connectivity index (χ3n) is 5.11. The fourth-order valence-corrected chi connectivity index (χ4v) is 5.92. The first-order valence-electron chi connectivity index (χ1n) is 9.12.